The quantitative estimate of drug-likeness (QED) is 0.150. The number of aliphatic hydroxyl groups excluding tert-OH is 2. The molecular weight excluding hydrogens is 710 g/mol. The third-order valence-electron chi connectivity index (χ3n) is 6.18. The van der Waals surface area contributed by atoms with Gasteiger partial charge in [0.15, 0.2) is 0 Å². The summed E-state index contributed by atoms with van der Waals surface area (Å²) in [5.74, 6) is 0. The van der Waals surface area contributed by atoms with Crippen LogP contribution in [-0.4, -0.2) is 80.9 Å². The van der Waals surface area contributed by atoms with Crippen molar-refractivity contribution in [3.63, 3.8) is 0 Å². The molecule has 228 valence electrons. The average molecular weight is 758 g/mol. The highest BCUT2D eigenvalue weighted by Crippen LogP contribution is 2.12. The van der Waals surface area contributed by atoms with Crippen LogP contribution in [-0.2, 0) is 19.6 Å². The van der Waals surface area contributed by atoms with E-state index in [4.69, 9.17) is 5.11 Å². The lowest BCUT2D eigenvalue weighted by atomic mass is 10.2. The van der Waals surface area contributed by atoms with Crippen LogP contribution in [0.3, 0.4) is 0 Å². The Kier molecular flexibility index (Phi) is 22.5. The minimum Gasteiger partial charge on any atom is -0.391 e. The highest BCUT2D eigenvalue weighted by atomic mass is 79.9. The second-order valence-electron chi connectivity index (χ2n) is 9.76. The van der Waals surface area contributed by atoms with Crippen LogP contribution in [0.15, 0.2) is 91.0 Å². The lowest BCUT2D eigenvalue weighted by Gasteiger charge is -2.21. The Balaban J connectivity index is 0.000000373. The summed E-state index contributed by atoms with van der Waals surface area (Å²) < 4.78 is 0. The molecule has 1 fully saturated rings. The number of halogens is 3. The fraction of sp³-hybridized carbons (Fsp3) is 0.455. The molecule has 3 N–H and O–H groups in total. The molecule has 0 spiro atoms. The zero-order chi connectivity index (χ0) is 28.8. The molecule has 3 aromatic rings. The van der Waals surface area contributed by atoms with Crippen LogP contribution in [0.5, 0.6) is 0 Å². The van der Waals surface area contributed by atoms with Crippen LogP contribution in [0, 0.1) is 0 Å². The van der Waals surface area contributed by atoms with Gasteiger partial charge in [-0.3, -0.25) is 9.80 Å². The van der Waals surface area contributed by atoms with Crippen molar-refractivity contribution in [2.75, 3.05) is 48.7 Å². The highest BCUT2D eigenvalue weighted by Gasteiger charge is 2.21. The predicted octanol–water partition coefficient (Wildman–Crippen LogP) is 6.70. The first kappa shape index (κ1) is 37.9. The van der Waals surface area contributed by atoms with Gasteiger partial charge in [-0.2, -0.15) is 0 Å². The Labute approximate surface area is 273 Å². The van der Waals surface area contributed by atoms with Gasteiger partial charge >= 0.3 is 0 Å². The molecule has 0 aromatic heterocycles. The first-order valence-corrected chi connectivity index (χ1v) is 17.2. The third-order valence-corrected chi connectivity index (χ3v) is 8.24. The Morgan fingerprint density at radius 2 is 1.12 bits per heavy atom. The summed E-state index contributed by atoms with van der Waals surface area (Å²) in [6.45, 7) is 7.39. The van der Waals surface area contributed by atoms with Gasteiger partial charge in [0.05, 0.1) is 12.2 Å². The second kappa shape index (κ2) is 24.4. The van der Waals surface area contributed by atoms with Gasteiger partial charge in [0.2, 0.25) is 0 Å². The van der Waals surface area contributed by atoms with Gasteiger partial charge in [-0.1, -0.05) is 146 Å². The van der Waals surface area contributed by atoms with E-state index in [2.05, 4.69) is 136 Å². The number of benzene rings is 3. The molecular formula is C33H48Br3N3O2. The van der Waals surface area contributed by atoms with Crippen LogP contribution in [0.1, 0.15) is 30.5 Å². The molecule has 1 saturated heterocycles. The first-order valence-electron chi connectivity index (χ1n) is 13.8. The summed E-state index contributed by atoms with van der Waals surface area (Å²) in [6.07, 6.45) is 0.673. The number of aliphatic hydroxyl groups is 2. The SMILES string of the molecule is BrCCCNCc1ccccc1.C.OC(CBr)CBr.OC1CN(Cc2ccccc2)CCN(Cc2ccccc2)C1. The number of alkyl halides is 3. The summed E-state index contributed by atoms with van der Waals surface area (Å²) in [4.78, 5) is 4.70. The summed E-state index contributed by atoms with van der Waals surface area (Å²) in [7, 11) is 0. The van der Waals surface area contributed by atoms with Crippen molar-refractivity contribution in [3.8, 4) is 0 Å². The summed E-state index contributed by atoms with van der Waals surface area (Å²) in [5.41, 5.74) is 3.98. The van der Waals surface area contributed by atoms with Crippen molar-refractivity contribution in [2.45, 2.75) is 45.7 Å². The van der Waals surface area contributed by atoms with Crippen LogP contribution in [0.25, 0.3) is 0 Å². The van der Waals surface area contributed by atoms with E-state index >= 15 is 0 Å². The molecule has 0 bridgehead atoms. The van der Waals surface area contributed by atoms with Gasteiger partial charge in [-0.25, -0.2) is 0 Å². The van der Waals surface area contributed by atoms with Gasteiger partial charge < -0.3 is 15.5 Å². The average Bonchev–Trinajstić information content (AvgIpc) is 3.17. The Hall–Kier alpha value is -1.10. The smallest absolute Gasteiger partial charge is 0.0794 e. The highest BCUT2D eigenvalue weighted by molar-refractivity contribution is 9.10. The van der Waals surface area contributed by atoms with E-state index in [9.17, 15) is 5.11 Å². The first-order chi connectivity index (χ1) is 19.5. The van der Waals surface area contributed by atoms with Crippen molar-refractivity contribution in [1.29, 1.82) is 0 Å². The van der Waals surface area contributed by atoms with E-state index in [-0.39, 0.29) is 19.6 Å². The maximum absolute atomic E-state index is 10.3. The Morgan fingerprint density at radius 1 is 0.707 bits per heavy atom. The standard InChI is InChI=1S/C19H24N2O.C10H14BrN.C3H6Br2O.CH4/c22-19-15-20(13-17-7-3-1-4-8-17)11-12-21(16-19)14-18-9-5-2-6-10-18;11-7-4-8-12-9-10-5-2-1-3-6-10;4-1-3(6)2-5;/h1-10,19,22H,11-16H2;1-3,5-6,12H,4,7-9H2;3,6H,1-2H2;1H4. The van der Waals surface area contributed by atoms with Crippen LogP contribution in [0.4, 0.5) is 0 Å². The Bertz CT molecular complexity index is 931. The zero-order valence-electron chi connectivity index (χ0n) is 23.2. The van der Waals surface area contributed by atoms with Crippen molar-refractivity contribution in [2.24, 2.45) is 0 Å². The maximum Gasteiger partial charge on any atom is 0.0794 e. The van der Waals surface area contributed by atoms with E-state index in [1.54, 1.807) is 0 Å². The molecule has 41 heavy (non-hydrogen) atoms. The minimum absolute atomic E-state index is 0. The summed E-state index contributed by atoms with van der Waals surface area (Å²) in [6, 6.07) is 31.5. The molecule has 1 heterocycles. The van der Waals surface area contributed by atoms with Gasteiger partial charge in [-0.05, 0) is 29.7 Å². The van der Waals surface area contributed by atoms with E-state index < -0.39 is 0 Å². The fourth-order valence-electron chi connectivity index (χ4n) is 4.15. The number of nitrogens with zero attached hydrogens (tertiary/aromatic N) is 2. The van der Waals surface area contributed by atoms with Crippen molar-refractivity contribution in [1.82, 2.24) is 15.1 Å². The van der Waals surface area contributed by atoms with Gasteiger partial charge in [0.1, 0.15) is 0 Å². The monoisotopic (exact) mass is 755 g/mol. The van der Waals surface area contributed by atoms with E-state index in [1.165, 1.54) is 23.1 Å². The molecule has 8 heteroatoms. The molecule has 1 aliphatic rings. The Morgan fingerprint density at radius 3 is 1.49 bits per heavy atom. The number of nitrogens with one attached hydrogen (secondary N) is 1. The molecule has 0 unspecified atom stereocenters. The molecule has 4 rings (SSSR count). The topological polar surface area (TPSA) is 59.0 Å². The second-order valence-corrected chi connectivity index (χ2v) is 11.9. The molecule has 0 aliphatic carbocycles. The molecule has 5 nitrogen and oxygen atoms in total. The predicted molar refractivity (Wildman–Crippen MR) is 186 cm³/mol. The molecule has 0 radical (unpaired) electrons. The maximum atomic E-state index is 10.3. The van der Waals surface area contributed by atoms with Crippen LogP contribution < -0.4 is 5.32 Å². The molecule has 0 atom stereocenters. The molecule has 3 aromatic carbocycles. The van der Waals surface area contributed by atoms with Crippen LogP contribution in [0.2, 0.25) is 0 Å². The number of β-amino-alcohol motifs (C(OH)–C–C–N with tert-alkyl or cyclic N) is 1. The molecule has 0 saturated carbocycles. The lowest BCUT2D eigenvalue weighted by molar-refractivity contribution is 0.106. The van der Waals surface area contributed by atoms with Crippen molar-refractivity contribution < 1.29 is 10.2 Å². The van der Waals surface area contributed by atoms with E-state index in [0.29, 0.717) is 10.7 Å². The van der Waals surface area contributed by atoms with E-state index in [1.807, 2.05) is 18.2 Å². The third kappa shape index (κ3) is 18.2. The largest absolute Gasteiger partial charge is 0.391 e. The number of hydrogen-bond acceptors (Lipinski definition) is 5. The lowest BCUT2D eigenvalue weighted by Crippen LogP contribution is -2.33. The van der Waals surface area contributed by atoms with Crippen LogP contribution >= 0.6 is 47.8 Å². The number of rotatable bonds is 11. The van der Waals surface area contributed by atoms with Gasteiger partial charge in [0.25, 0.3) is 0 Å². The van der Waals surface area contributed by atoms with Gasteiger partial charge in [-0.15, -0.1) is 0 Å². The van der Waals surface area contributed by atoms with Crippen molar-refractivity contribution >= 4 is 47.8 Å². The molecule has 1 aliphatic heterocycles. The van der Waals surface area contributed by atoms with Crippen molar-refractivity contribution in [3.05, 3.63) is 108 Å². The minimum atomic E-state index is -0.282. The fourth-order valence-corrected chi connectivity index (χ4v) is 5.50. The summed E-state index contributed by atoms with van der Waals surface area (Å²) >= 11 is 9.59. The summed E-state index contributed by atoms with van der Waals surface area (Å²) in [5, 5.41) is 24.6. The van der Waals surface area contributed by atoms with Gasteiger partial charge in [0, 0.05) is 61.8 Å². The normalized spacial score (nSPS) is 14.2. The number of hydrogen-bond donors (Lipinski definition) is 3. The van der Waals surface area contributed by atoms with E-state index in [0.717, 1.165) is 57.7 Å². The molecule has 0 amide bonds. The zero-order valence-corrected chi connectivity index (χ0v) is 28.0.